The zero-order chi connectivity index (χ0) is 35.1. The fourth-order valence-electron chi connectivity index (χ4n) is 4.99. The molecule has 0 heterocycles. The van der Waals surface area contributed by atoms with Crippen LogP contribution >= 0.6 is 7.82 Å². The van der Waals surface area contributed by atoms with Crippen LogP contribution in [0.2, 0.25) is 0 Å². The molecular weight excluding hydrogens is 611 g/mol. The average Bonchev–Trinajstić information content (AvgIpc) is 3.01. The maximum atomic E-state index is 12.8. The molecule has 0 radical (unpaired) electrons. The van der Waals surface area contributed by atoms with Gasteiger partial charge < -0.3 is 19.8 Å². The Labute approximate surface area is 289 Å². The molecule has 3 unspecified atom stereocenters. The number of amides is 1. The quantitative estimate of drug-likeness (QED) is 0.0275. The van der Waals surface area contributed by atoms with Crippen molar-refractivity contribution in [3.05, 3.63) is 36.5 Å². The maximum Gasteiger partial charge on any atom is 0.472 e. The third-order valence-electron chi connectivity index (χ3n) is 8.08. The van der Waals surface area contributed by atoms with Gasteiger partial charge in [-0.25, -0.2) is 4.57 Å². The number of likely N-dealkylation sites (N-methyl/N-ethyl adjacent to an activating group) is 1. The van der Waals surface area contributed by atoms with Crippen molar-refractivity contribution in [3.63, 3.8) is 0 Å². The Morgan fingerprint density at radius 2 is 1.17 bits per heavy atom. The lowest BCUT2D eigenvalue weighted by molar-refractivity contribution is -0.870. The molecule has 0 aliphatic heterocycles. The molecule has 0 aliphatic carbocycles. The average molecular weight is 686 g/mol. The van der Waals surface area contributed by atoms with E-state index in [1.165, 1.54) is 77.0 Å². The number of aliphatic hydroxyl groups is 1. The molecule has 0 aromatic heterocycles. The summed E-state index contributed by atoms with van der Waals surface area (Å²) in [6.45, 7) is 4.72. The number of phosphoric ester groups is 1. The first-order valence-corrected chi connectivity index (χ1v) is 20.4. The minimum atomic E-state index is -4.34. The highest BCUT2D eigenvalue weighted by atomic mass is 31.2. The van der Waals surface area contributed by atoms with Crippen LogP contribution in [0.1, 0.15) is 149 Å². The van der Waals surface area contributed by atoms with Crippen molar-refractivity contribution < 1.29 is 32.9 Å². The summed E-state index contributed by atoms with van der Waals surface area (Å²) in [5.74, 6) is -0.201. The van der Waals surface area contributed by atoms with Crippen LogP contribution in [-0.4, -0.2) is 73.4 Å². The normalized spacial score (nSPS) is 15.1. The number of nitrogens with one attached hydrogen (secondary N) is 1. The van der Waals surface area contributed by atoms with Gasteiger partial charge in [0, 0.05) is 6.42 Å². The molecule has 0 saturated carbocycles. The van der Waals surface area contributed by atoms with Crippen molar-refractivity contribution in [2.45, 2.75) is 161 Å². The number of carbonyl (C=O) groups is 1. The predicted octanol–water partition coefficient (Wildman–Crippen LogP) is 9.57. The first-order chi connectivity index (χ1) is 22.5. The van der Waals surface area contributed by atoms with Gasteiger partial charge >= 0.3 is 7.82 Å². The van der Waals surface area contributed by atoms with Crippen LogP contribution in [0, 0.1) is 0 Å². The Bertz CT molecular complexity index is 871. The van der Waals surface area contributed by atoms with E-state index >= 15 is 0 Å². The van der Waals surface area contributed by atoms with Gasteiger partial charge in [-0.3, -0.25) is 13.8 Å². The van der Waals surface area contributed by atoms with Crippen molar-refractivity contribution in [3.8, 4) is 0 Å². The molecule has 9 heteroatoms. The third-order valence-corrected chi connectivity index (χ3v) is 9.07. The van der Waals surface area contributed by atoms with Gasteiger partial charge in [-0.2, -0.15) is 0 Å². The number of hydrogen-bond donors (Lipinski definition) is 3. The Morgan fingerprint density at radius 1 is 0.702 bits per heavy atom. The molecule has 276 valence electrons. The number of aliphatic hydroxyl groups excluding tert-OH is 1. The number of quaternary nitrogens is 1. The zero-order valence-electron chi connectivity index (χ0n) is 31.0. The Morgan fingerprint density at radius 3 is 1.72 bits per heavy atom. The molecule has 0 aromatic carbocycles. The molecule has 0 fully saturated rings. The van der Waals surface area contributed by atoms with E-state index in [-0.39, 0.29) is 19.1 Å². The van der Waals surface area contributed by atoms with Gasteiger partial charge in [0.2, 0.25) is 5.91 Å². The van der Waals surface area contributed by atoms with Crippen molar-refractivity contribution in [2.75, 3.05) is 40.9 Å². The highest BCUT2D eigenvalue weighted by molar-refractivity contribution is 7.47. The molecule has 0 aromatic rings. The molecule has 0 saturated heterocycles. The zero-order valence-corrected chi connectivity index (χ0v) is 31.9. The summed E-state index contributed by atoms with van der Waals surface area (Å²) in [5, 5.41) is 13.7. The van der Waals surface area contributed by atoms with E-state index in [4.69, 9.17) is 9.05 Å². The Hall–Kier alpha value is -1.28. The molecule has 0 spiro atoms. The molecule has 8 nitrogen and oxygen atoms in total. The van der Waals surface area contributed by atoms with Crippen molar-refractivity contribution in [2.24, 2.45) is 0 Å². The van der Waals surface area contributed by atoms with E-state index in [1.54, 1.807) is 6.08 Å². The Kier molecular flexibility index (Phi) is 29.9. The standard InChI is InChI=1S/C38H73N2O6P/c1-6-8-10-12-14-16-18-20-22-24-26-28-30-32-38(42)39-36(35-46-47(43,44)45-34-33-40(3,4)5)37(41)31-29-27-25-23-21-19-17-15-13-11-9-7-2/h16,18,21,23,29,31,36-37,41H,6-15,17,19-20,22,24-28,30,32-35H2,1-5H3,(H-,39,42,43,44)/p+1/b18-16-,23-21+,31-29+. The summed E-state index contributed by atoms with van der Waals surface area (Å²) in [5.41, 5.74) is 0. The van der Waals surface area contributed by atoms with Gasteiger partial charge in [0.25, 0.3) is 0 Å². The topological polar surface area (TPSA) is 105 Å². The van der Waals surface area contributed by atoms with Crippen LogP contribution in [0.25, 0.3) is 0 Å². The van der Waals surface area contributed by atoms with E-state index in [9.17, 15) is 19.4 Å². The number of unbranched alkanes of at least 4 members (excludes halogenated alkanes) is 16. The number of allylic oxidation sites excluding steroid dienone is 5. The second-order valence-corrected chi connectivity index (χ2v) is 15.4. The predicted molar refractivity (Wildman–Crippen MR) is 198 cm³/mol. The van der Waals surface area contributed by atoms with Crippen LogP contribution in [-0.2, 0) is 18.4 Å². The van der Waals surface area contributed by atoms with E-state index in [1.807, 2.05) is 27.2 Å². The highest BCUT2D eigenvalue weighted by Crippen LogP contribution is 2.43. The second kappa shape index (κ2) is 30.8. The number of nitrogens with zero attached hydrogens (tertiary/aromatic N) is 1. The number of hydrogen-bond acceptors (Lipinski definition) is 5. The number of carbonyl (C=O) groups excluding carboxylic acids is 1. The smallest absolute Gasteiger partial charge is 0.387 e. The summed E-state index contributed by atoms with van der Waals surface area (Å²) in [4.78, 5) is 22.9. The molecule has 0 rings (SSSR count). The number of phosphoric acid groups is 1. The molecule has 47 heavy (non-hydrogen) atoms. The van der Waals surface area contributed by atoms with Gasteiger partial charge in [-0.1, -0.05) is 121 Å². The van der Waals surface area contributed by atoms with Crippen LogP contribution in [0.4, 0.5) is 0 Å². The van der Waals surface area contributed by atoms with Crippen LogP contribution in [0.3, 0.4) is 0 Å². The van der Waals surface area contributed by atoms with Gasteiger partial charge in [-0.15, -0.1) is 0 Å². The SMILES string of the molecule is CCCCCC/C=C\CCCCCCCC(=O)NC(COP(=O)(O)OCC[N+](C)(C)C)C(O)/C=C/CC/C=C/CCCCCCCC. The van der Waals surface area contributed by atoms with Crippen molar-refractivity contribution in [1.29, 1.82) is 0 Å². The fourth-order valence-corrected chi connectivity index (χ4v) is 5.73. The van der Waals surface area contributed by atoms with Crippen LogP contribution in [0.15, 0.2) is 36.5 Å². The maximum absolute atomic E-state index is 12.8. The first-order valence-electron chi connectivity index (χ1n) is 18.9. The summed E-state index contributed by atoms with van der Waals surface area (Å²) < 4.78 is 23.4. The van der Waals surface area contributed by atoms with E-state index < -0.39 is 20.0 Å². The Balaban J connectivity index is 4.62. The minimum absolute atomic E-state index is 0.0540. The summed E-state index contributed by atoms with van der Waals surface area (Å²) in [7, 11) is 1.54. The number of rotatable bonds is 33. The lowest BCUT2D eigenvalue weighted by Gasteiger charge is -2.25. The fraction of sp³-hybridized carbons (Fsp3) is 0.816. The molecule has 3 N–H and O–H groups in total. The largest absolute Gasteiger partial charge is 0.472 e. The molecule has 3 atom stereocenters. The molecule has 1 amide bonds. The van der Waals surface area contributed by atoms with Crippen molar-refractivity contribution >= 4 is 13.7 Å². The second-order valence-electron chi connectivity index (χ2n) is 13.9. The van der Waals surface area contributed by atoms with E-state index in [2.05, 4.69) is 43.5 Å². The first kappa shape index (κ1) is 45.7. The lowest BCUT2D eigenvalue weighted by atomic mass is 10.1. The molecule has 0 aliphatic rings. The molecular formula is C38H74N2O6P+. The lowest BCUT2D eigenvalue weighted by Crippen LogP contribution is -2.45. The summed E-state index contributed by atoms with van der Waals surface area (Å²) in [6.07, 6.45) is 34.9. The minimum Gasteiger partial charge on any atom is -0.387 e. The van der Waals surface area contributed by atoms with Crippen LogP contribution in [0.5, 0.6) is 0 Å². The monoisotopic (exact) mass is 686 g/mol. The van der Waals surface area contributed by atoms with Gasteiger partial charge in [0.05, 0.1) is 39.9 Å². The summed E-state index contributed by atoms with van der Waals surface area (Å²) in [6, 6.07) is -0.863. The van der Waals surface area contributed by atoms with E-state index in [0.717, 1.165) is 51.4 Å². The highest BCUT2D eigenvalue weighted by Gasteiger charge is 2.27. The van der Waals surface area contributed by atoms with Gasteiger partial charge in [-0.05, 0) is 57.8 Å². The summed E-state index contributed by atoms with van der Waals surface area (Å²) >= 11 is 0. The van der Waals surface area contributed by atoms with Gasteiger partial charge in [0.1, 0.15) is 13.2 Å². The third kappa shape index (κ3) is 33.0. The van der Waals surface area contributed by atoms with Crippen molar-refractivity contribution in [1.82, 2.24) is 5.32 Å². The van der Waals surface area contributed by atoms with E-state index in [0.29, 0.717) is 17.4 Å². The molecule has 0 bridgehead atoms. The van der Waals surface area contributed by atoms with Crippen LogP contribution < -0.4 is 5.32 Å². The van der Waals surface area contributed by atoms with Gasteiger partial charge in [0.15, 0.2) is 0 Å².